The lowest BCUT2D eigenvalue weighted by atomic mass is 10.1. The summed E-state index contributed by atoms with van der Waals surface area (Å²) in [6, 6.07) is 7.87. The van der Waals surface area contributed by atoms with Gasteiger partial charge in [0, 0.05) is 14.1 Å². The van der Waals surface area contributed by atoms with Crippen LogP contribution < -0.4 is 0 Å². The van der Waals surface area contributed by atoms with E-state index in [-0.39, 0.29) is 21.0 Å². The average molecular weight is 422 g/mol. The maximum Gasteiger partial charge on any atom is 0.416 e. The quantitative estimate of drug-likeness (QED) is 0.685. The van der Waals surface area contributed by atoms with Crippen molar-refractivity contribution in [2.75, 3.05) is 14.1 Å². The van der Waals surface area contributed by atoms with Gasteiger partial charge < -0.3 is 4.74 Å². The maximum atomic E-state index is 12.7. The molecule has 0 bridgehead atoms. The van der Waals surface area contributed by atoms with Crippen molar-refractivity contribution in [3.63, 3.8) is 0 Å². The molecule has 0 heterocycles. The average Bonchev–Trinajstić information content (AvgIpc) is 2.59. The number of benzene rings is 2. The molecule has 2 aromatic rings. The molecule has 0 aromatic heterocycles. The first-order valence-electron chi connectivity index (χ1n) is 7.48. The second-order valence-corrected chi connectivity index (χ2v) is 8.26. The van der Waals surface area contributed by atoms with Crippen LogP contribution in [-0.2, 0) is 27.5 Å². The minimum atomic E-state index is -4.52. The Morgan fingerprint density at radius 3 is 2.41 bits per heavy atom. The summed E-state index contributed by atoms with van der Waals surface area (Å²) in [4.78, 5) is 12.1. The van der Waals surface area contributed by atoms with Crippen LogP contribution in [0.5, 0.6) is 0 Å². The van der Waals surface area contributed by atoms with Gasteiger partial charge >= 0.3 is 12.1 Å². The van der Waals surface area contributed by atoms with Crippen LogP contribution in [0.2, 0.25) is 5.02 Å². The monoisotopic (exact) mass is 421 g/mol. The van der Waals surface area contributed by atoms with Gasteiger partial charge in [0.2, 0.25) is 10.0 Å². The first-order chi connectivity index (χ1) is 12.4. The van der Waals surface area contributed by atoms with Crippen LogP contribution in [0.1, 0.15) is 21.5 Å². The Kier molecular flexibility index (Phi) is 6.18. The van der Waals surface area contributed by atoms with E-state index in [0.717, 1.165) is 22.5 Å². The molecule has 10 heteroatoms. The summed E-state index contributed by atoms with van der Waals surface area (Å²) in [6.07, 6.45) is -4.52. The van der Waals surface area contributed by atoms with E-state index in [1.807, 2.05) is 0 Å². The molecule has 0 radical (unpaired) electrons. The number of carbonyl (C=O) groups excluding carboxylic acids is 1. The third kappa shape index (κ3) is 5.00. The number of ether oxygens (including phenoxy) is 1. The summed E-state index contributed by atoms with van der Waals surface area (Å²) in [7, 11) is -1.14. The highest BCUT2D eigenvalue weighted by molar-refractivity contribution is 7.89. The molecule has 27 heavy (non-hydrogen) atoms. The van der Waals surface area contributed by atoms with Crippen molar-refractivity contribution in [3.8, 4) is 0 Å². The summed E-state index contributed by atoms with van der Waals surface area (Å²) in [6.45, 7) is -0.427. The number of alkyl halides is 3. The maximum absolute atomic E-state index is 12.7. The summed E-state index contributed by atoms with van der Waals surface area (Å²) in [5, 5.41) is -0.0400. The molecule has 0 fully saturated rings. The molecule has 0 spiro atoms. The van der Waals surface area contributed by atoms with Gasteiger partial charge in [0.05, 0.1) is 21.0 Å². The van der Waals surface area contributed by atoms with Crippen molar-refractivity contribution in [3.05, 3.63) is 64.2 Å². The third-order valence-electron chi connectivity index (χ3n) is 3.56. The molecule has 5 nitrogen and oxygen atoms in total. The Morgan fingerprint density at radius 2 is 1.81 bits per heavy atom. The van der Waals surface area contributed by atoms with Gasteiger partial charge in [0.25, 0.3) is 0 Å². The van der Waals surface area contributed by atoms with Gasteiger partial charge in [0.15, 0.2) is 0 Å². The highest BCUT2D eigenvalue weighted by Crippen LogP contribution is 2.30. The van der Waals surface area contributed by atoms with Crippen LogP contribution in [0.15, 0.2) is 47.4 Å². The number of esters is 1. The number of hydrogen-bond acceptors (Lipinski definition) is 4. The van der Waals surface area contributed by atoms with Gasteiger partial charge in [-0.05, 0) is 35.9 Å². The summed E-state index contributed by atoms with van der Waals surface area (Å²) in [5.74, 6) is -0.951. The van der Waals surface area contributed by atoms with E-state index in [1.54, 1.807) is 0 Å². The molecule has 0 atom stereocenters. The fourth-order valence-corrected chi connectivity index (χ4v) is 3.22. The number of sulfonamides is 1. The van der Waals surface area contributed by atoms with Gasteiger partial charge in [-0.2, -0.15) is 13.2 Å². The standard InChI is InChI=1S/C17H15ClF3NO4S/c1-22(2)27(24,25)13-6-7-15(18)14(9-13)16(23)26-10-11-4-3-5-12(8-11)17(19,20)21/h3-9H,10H2,1-2H3. The molecule has 2 rings (SSSR count). The zero-order valence-corrected chi connectivity index (χ0v) is 15.8. The molecule has 0 saturated heterocycles. The zero-order valence-electron chi connectivity index (χ0n) is 14.2. The molecule has 0 aliphatic carbocycles. The molecule has 0 N–H and O–H groups in total. The Hall–Kier alpha value is -2.10. The minimum Gasteiger partial charge on any atom is -0.457 e. The molecular formula is C17H15ClF3NO4S. The first kappa shape index (κ1) is 21.2. The van der Waals surface area contributed by atoms with Crippen molar-refractivity contribution < 1.29 is 31.1 Å². The molecule has 0 saturated carbocycles. The van der Waals surface area contributed by atoms with Gasteiger partial charge in [-0.25, -0.2) is 17.5 Å². The SMILES string of the molecule is CN(C)S(=O)(=O)c1ccc(Cl)c(C(=O)OCc2cccc(C(F)(F)F)c2)c1. The fraction of sp³-hybridized carbons (Fsp3) is 0.235. The molecule has 0 unspecified atom stereocenters. The van der Waals surface area contributed by atoms with Gasteiger partial charge in [-0.15, -0.1) is 0 Å². The molecule has 0 aliphatic heterocycles. The lowest BCUT2D eigenvalue weighted by Crippen LogP contribution is -2.22. The lowest BCUT2D eigenvalue weighted by Gasteiger charge is -2.13. The number of carbonyl (C=O) groups is 1. The summed E-state index contributed by atoms with van der Waals surface area (Å²) >= 11 is 5.93. The van der Waals surface area contributed by atoms with Crippen molar-refractivity contribution in [2.45, 2.75) is 17.7 Å². The second-order valence-electron chi connectivity index (χ2n) is 5.70. The van der Waals surface area contributed by atoms with E-state index in [2.05, 4.69) is 0 Å². The Morgan fingerprint density at radius 1 is 1.15 bits per heavy atom. The number of halogens is 4. The fourth-order valence-electron chi connectivity index (χ4n) is 2.10. The van der Waals surface area contributed by atoms with Crippen LogP contribution in [-0.4, -0.2) is 32.8 Å². The Labute approximate surface area is 159 Å². The Balaban J connectivity index is 2.22. The number of nitrogens with zero attached hydrogens (tertiary/aromatic N) is 1. The Bertz CT molecular complexity index is 959. The van der Waals surface area contributed by atoms with Crippen LogP contribution in [0.3, 0.4) is 0 Å². The first-order valence-corrected chi connectivity index (χ1v) is 9.30. The smallest absolute Gasteiger partial charge is 0.416 e. The van der Waals surface area contributed by atoms with Crippen molar-refractivity contribution in [2.24, 2.45) is 0 Å². The van der Waals surface area contributed by atoms with E-state index < -0.39 is 34.3 Å². The molecule has 146 valence electrons. The van der Waals surface area contributed by atoms with Crippen molar-refractivity contribution in [1.82, 2.24) is 4.31 Å². The molecule has 0 amide bonds. The van der Waals surface area contributed by atoms with Crippen LogP contribution in [0, 0.1) is 0 Å². The zero-order chi connectivity index (χ0) is 20.4. The number of hydrogen-bond donors (Lipinski definition) is 0. The van der Waals surface area contributed by atoms with E-state index >= 15 is 0 Å². The largest absolute Gasteiger partial charge is 0.457 e. The normalized spacial score (nSPS) is 12.3. The molecule has 0 aliphatic rings. The van der Waals surface area contributed by atoms with Gasteiger partial charge in [-0.1, -0.05) is 23.7 Å². The van der Waals surface area contributed by atoms with Crippen LogP contribution >= 0.6 is 11.6 Å². The predicted molar refractivity (Wildman–Crippen MR) is 92.9 cm³/mol. The highest BCUT2D eigenvalue weighted by atomic mass is 35.5. The van der Waals surface area contributed by atoms with Gasteiger partial charge in [0.1, 0.15) is 6.61 Å². The predicted octanol–water partition coefficient (Wildman–Crippen LogP) is 3.97. The minimum absolute atomic E-state index is 0.0400. The van der Waals surface area contributed by atoms with E-state index in [4.69, 9.17) is 16.3 Å². The van der Waals surface area contributed by atoms with Gasteiger partial charge in [-0.3, -0.25) is 0 Å². The summed E-state index contributed by atoms with van der Waals surface area (Å²) < 4.78 is 68.4. The van der Waals surface area contributed by atoms with Crippen LogP contribution in [0.25, 0.3) is 0 Å². The second kappa shape index (κ2) is 7.87. The molecule has 2 aromatic carbocycles. The molecular weight excluding hydrogens is 407 g/mol. The van der Waals surface area contributed by atoms with E-state index in [0.29, 0.717) is 0 Å². The van der Waals surface area contributed by atoms with Crippen molar-refractivity contribution >= 4 is 27.6 Å². The highest BCUT2D eigenvalue weighted by Gasteiger charge is 2.30. The third-order valence-corrected chi connectivity index (χ3v) is 5.70. The summed E-state index contributed by atoms with van der Waals surface area (Å²) in [5.41, 5.74) is -0.939. The lowest BCUT2D eigenvalue weighted by molar-refractivity contribution is -0.137. The van der Waals surface area contributed by atoms with E-state index in [9.17, 15) is 26.4 Å². The number of rotatable bonds is 5. The van der Waals surface area contributed by atoms with E-state index in [1.165, 1.54) is 38.4 Å². The van der Waals surface area contributed by atoms with Crippen molar-refractivity contribution in [1.29, 1.82) is 0 Å². The van der Waals surface area contributed by atoms with Crippen LogP contribution in [0.4, 0.5) is 13.2 Å². The topological polar surface area (TPSA) is 63.7 Å².